The van der Waals surface area contributed by atoms with Gasteiger partial charge in [-0.15, -0.1) is 0 Å². The van der Waals surface area contributed by atoms with E-state index in [9.17, 15) is 0 Å². The van der Waals surface area contributed by atoms with E-state index < -0.39 is 0 Å². The molecule has 0 aliphatic rings. The van der Waals surface area contributed by atoms with Crippen LogP contribution in [0.15, 0.2) is 18.5 Å². The van der Waals surface area contributed by atoms with Crippen molar-refractivity contribution in [3.8, 4) is 0 Å². The van der Waals surface area contributed by atoms with Gasteiger partial charge in [-0.3, -0.25) is 4.68 Å². The molecule has 0 bridgehead atoms. The van der Waals surface area contributed by atoms with Gasteiger partial charge in [-0.05, 0) is 24.0 Å². The van der Waals surface area contributed by atoms with Crippen molar-refractivity contribution >= 4 is 11.0 Å². The number of aryl methyl sites for hydroxylation is 1. The quantitative estimate of drug-likeness (QED) is 0.724. The molecule has 0 aliphatic heterocycles. The molecule has 0 saturated heterocycles. The third-order valence-electron chi connectivity index (χ3n) is 2.27. The zero-order valence-corrected chi connectivity index (χ0v) is 8.86. The molecule has 0 unspecified atom stereocenters. The Labute approximate surface area is 83.8 Å². The molecule has 14 heavy (non-hydrogen) atoms. The summed E-state index contributed by atoms with van der Waals surface area (Å²) in [5, 5.41) is 5.30. The molecule has 0 N–H and O–H groups in total. The highest BCUT2D eigenvalue weighted by Crippen LogP contribution is 2.14. The van der Waals surface area contributed by atoms with Crippen molar-refractivity contribution in [3.05, 3.63) is 24.0 Å². The molecule has 0 radical (unpaired) electrons. The van der Waals surface area contributed by atoms with Gasteiger partial charge in [-0.2, -0.15) is 5.10 Å². The topological polar surface area (TPSA) is 30.7 Å². The third kappa shape index (κ3) is 1.62. The van der Waals surface area contributed by atoms with Crippen molar-refractivity contribution in [2.45, 2.75) is 20.3 Å². The van der Waals surface area contributed by atoms with Crippen LogP contribution in [0.4, 0.5) is 0 Å². The van der Waals surface area contributed by atoms with Crippen LogP contribution in [0.2, 0.25) is 0 Å². The monoisotopic (exact) mass is 189 g/mol. The molecule has 0 aromatic carbocycles. The zero-order valence-electron chi connectivity index (χ0n) is 8.86. The molecule has 0 atom stereocenters. The lowest BCUT2D eigenvalue weighted by Crippen LogP contribution is -1.96. The van der Waals surface area contributed by atoms with Crippen LogP contribution in [0.1, 0.15) is 19.4 Å². The van der Waals surface area contributed by atoms with E-state index in [0.29, 0.717) is 5.92 Å². The summed E-state index contributed by atoms with van der Waals surface area (Å²) in [5.41, 5.74) is 2.25. The predicted octanol–water partition coefficient (Wildman–Crippen LogP) is 2.17. The summed E-state index contributed by atoms with van der Waals surface area (Å²) in [6, 6.07) is 2.18. The van der Waals surface area contributed by atoms with E-state index in [4.69, 9.17) is 0 Å². The second-order valence-corrected chi connectivity index (χ2v) is 4.12. The van der Waals surface area contributed by atoms with E-state index in [1.807, 2.05) is 19.4 Å². The number of aromatic nitrogens is 3. The fourth-order valence-electron chi connectivity index (χ4n) is 1.67. The maximum Gasteiger partial charge on any atom is 0.157 e. The molecule has 0 aliphatic carbocycles. The van der Waals surface area contributed by atoms with Crippen LogP contribution >= 0.6 is 0 Å². The van der Waals surface area contributed by atoms with Crippen molar-refractivity contribution in [2.24, 2.45) is 13.0 Å². The first-order valence-corrected chi connectivity index (χ1v) is 4.93. The fourth-order valence-corrected chi connectivity index (χ4v) is 1.67. The van der Waals surface area contributed by atoms with Crippen LogP contribution < -0.4 is 0 Å². The molecule has 0 spiro atoms. The number of pyridine rings is 1. The van der Waals surface area contributed by atoms with Gasteiger partial charge in [0, 0.05) is 18.6 Å². The van der Waals surface area contributed by atoms with Crippen LogP contribution in [0.5, 0.6) is 0 Å². The van der Waals surface area contributed by atoms with E-state index in [0.717, 1.165) is 17.5 Å². The van der Waals surface area contributed by atoms with E-state index in [1.54, 1.807) is 4.68 Å². The van der Waals surface area contributed by atoms with Crippen LogP contribution in [-0.4, -0.2) is 14.8 Å². The highest BCUT2D eigenvalue weighted by molar-refractivity contribution is 5.74. The molecule has 2 heterocycles. The molecule has 0 saturated carbocycles. The summed E-state index contributed by atoms with van der Waals surface area (Å²) in [6.07, 6.45) is 4.90. The van der Waals surface area contributed by atoms with Crippen LogP contribution in [0.25, 0.3) is 11.0 Å². The van der Waals surface area contributed by atoms with Gasteiger partial charge in [-0.25, -0.2) is 4.98 Å². The first kappa shape index (κ1) is 9.19. The van der Waals surface area contributed by atoms with E-state index in [1.165, 1.54) is 5.56 Å². The summed E-state index contributed by atoms with van der Waals surface area (Å²) >= 11 is 0. The molecule has 3 heteroatoms. The molecule has 2 aromatic rings. The number of rotatable bonds is 2. The SMILES string of the molecule is CC(C)Cc1cnc2c(cnn2C)c1. The van der Waals surface area contributed by atoms with Gasteiger partial charge in [0.2, 0.25) is 0 Å². The molecule has 74 valence electrons. The molecular weight excluding hydrogens is 174 g/mol. The maximum absolute atomic E-state index is 4.39. The van der Waals surface area contributed by atoms with Crippen molar-refractivity contribution in [2.75, 3.05) is 0 Å². The zero-order chi connectivity index (χ0) is 10.1. The first-order chi connectivity index (χ1) is 6.66. The molecular formula is C11H15N3. The lowest BCUT2D eigenvalue weighted by atomic mass is 10.0. The molecule has 0 amide bonds. The fraction of sp³-hybridized carbons (Fsp3) is 0.455. The average Bonchev–Trinajstić information content (AvgIpc) is 2.46. The van der Waals surface area contributed by atoms with Gasteiger partial charge in [0.05, 0.1) is 6.20 Å². The standard InChI is InChI=1S/C11H15N3/c1-8(2)4-9-5-10-7-13-14(3)11(10)12-6-9/h5-8H,4H2,1-3H3. The lowest BCUT2D eigenvalue weighted by molar-refractivity contribution is 0.646. The van der Waals surface area contributed by atoms with Gasteiger partial charge in [0.1, 0.15) is 0 Å². The first-order valence-electron chi connectivity index (χ1n) is 4.93. The Morgan fingerprint density at radius 1 is 1.36 bits per heavy atom. The minimum absolute atomic E-state index is 0.672. The Morgan fingerprint density at radius 3 is 2.86 bits per heavy atom. The number of nitrogens with zero attached hydrogens (tertiary/aromatic N) is 3. The van der Waals surface area contributed by atoms with E-state index in [-0.39, 0.29) is 0 Å². The summed E-state index contributed by atoms with van der Waals surface area (Å²) in [6.45, 7) is 4.43. The van der Waals surface area contributed by atoms with E-state index >= 15 is 0 Å². The highest BCUT2D eigenvalue weighted by Gasteiger charge is 2.03. The van der Waals surface area contributed by atoms with Crippen molar-refractivity contribution in [1.82, 2.24) is 14.8 Å². The summed E-state index contributed by atoms with van der Waals surface area (Å²) in [4.78, 5) is 4.39. The summed E-state index contributed by atoms with van der Waals surface area (Å²) in [7, 11) is 1.91. The van der Waals surface area contributed by atoms with Crippen molar-refractivity contribution in [3.63, 3.8) is 0 Å². The molecule has 3 nitrogen and oxygen atoms in total. The lowest BCUT2D eigenvalue weighted by Gasteiger charge is -2.03. The Balaban J connectivity index is 2.42. The van der Waals surface area contributed by atoms with Gasteiger partial charge < -0.3 is 0 Å². The normalized spacial score (nSPS) is 11.4. The second kappa shape index (κ2) is 3.40. The maximum atomic E-state index is 4.39. The van der Waals surface area contributed by atoms with Gasteiger partial charge in [0.15, 0.2) is 5.65 Å². The molecule has 2 aromatic heterocycles. The third-order valence-corrected chi connectivity index (χ3v) is 2.27. The number of hydrogen-bond acceptors (Lipinski definition) is 2. The number of fused-ring (bicyclic) bond motifs is 1. The van der Waals surface area contributed by atoms with Gasteiger partial charge in [-0.1, -0.05) is 13.8 Å². The summed E-state index contributed by atoms with van der Waals surface area (Å²) < 4.78 is 1.80. The van der Waals surface area contributed by atoms with Crippen LogP contribution in [0.3, 0.4) is 0 Å². The molecule has 0 fully saturated rings. The largest absolute Gasteiger partial charge is 0.250 e. The molecule has 2 rings (SSSR count). The Morgan fingerprint density at radius 2 is 2.14 bits per heavy atom. The predicted molar refractivity (Wildman–Crippen MR) is 57.1 cm³/mol. The Bertz CT molecular complexity index is 443. The van der Waals surface area contributed by atoms with Crippen molar-refractivity contribution < 1.29 is 0 Å². The van der Waals surface area contributed by atoms with Crippen LogP contribution in [0, 0.1) is 5.92 Å². The number of hydrogen-bond donors (Lipinski definition) is 0. The Kier molecular flexibility index (Phi) is 2.23. The summed E-state index contributed by atoms with van der Waals surface area (Å²) in [5.74, 6) is 0.672. The van der Waals surface area contributed by atoms with Crippen molar-refractivity contribution in [1.29, 1.82) is 0 Å². The Hall–Kier alpha value is -1.38. The minimum atomic E-state index is 0.672. The van der Waals surface area contributed by atoms with E-state index in [2.05, 4.69) is 30.0 Å². The average molecular weight is 189 g/mol. The highest BCUT2D eigenvalue weighted by atomic mass is 15.3. The van der Waals surface area contributed by atoms with Crippen LogP contribution in [-0.2, 0) is 13.5 Å². The van der Waals surface area contributed by atoms with Gasteiger partial charge >= 0.3 is 0 Å². The van der Waals surface area contributed by atoms with Gasteiger partial charge in [0.25, 0.3) is 0 Å². The smallest absolute Gasteiger partial charge is 0.157 e. The minimum Gasteiger partial charge on any atom is -0.250 e. The second-order valence-electron chi connectivity index (χ2n) is 4.12.